The van der Waals surface area contributed by atoms with Gasteiger partial charge in [0.2, 0.25) is 0 Å². The number of hydrogen-bond donors (Lipinski definition) is 0. The van der Waals surface area contributed by atoms with Crippen molar-refractivity contribution in [2.75, 3.05) is 13.2 Å². The second-order valence-corrected chi connectivity index (χ2v) is 5.74. The van der Waals surface area contributed by atoms with Gasteiger partial charge in [-0.15, -0.1) is 0 Å². The topological polar surface area (TPSA) is 9.23 Å². The van der Waals surface area contributed by atoms with Crippen LogP contribution in [0.1, 0.15) is 67.2 Å². The Balaban J connectivity index is 0.00000106. The van der Waals surface area contributed by atoms with E-state index in [1.165, 1.54) is 25.7 Å². The van der Waals surface area contributed by atoms with Gasteiger partial charge < -0.3 is 4.74 Å². The maximum Gasteiger partial charge on any atom is 0.0494 e. The van der Waals surface area contributed by atoms with Crippen molar-refractivity contribution in [3.8, 4) is 0 Å². The lowest BCUT2D eigenvalue weighted by Crippen LogP contribution is -2.27. The van der Waals surface area contributed by atoms with Crippen molar-refractivity contribution < 1.29 is 4.74 Å². The van der Waals surface area contributed by atoms with Gasteiger partial charge in [-0.3, -0.25) is 0 Å². The zero-order valence-electron chi connectivity index (χ0n) is 12.3. The Labute approximate surface area is 103 Å². The first kappa shape index (κ1) is 16.0. The zero-order chi connectivity index (χ0) is 12.6. The van der Waals surface area contributed by atoms with Crippen LogP contribution < -0.4 is 0 Å². The third-order valence-electron chi connectivity index (χ3n) is 3.63. The largest absolute Gasteiger partial charge is 0.381 e. The molecule has 1 saturated carbocycles. The van der Waals surface area contributed by atoms with Crippen LogP contribution in [0, 0.1) is 17.3 Å². The van der Waals surface area contributed by atoms with Gasteiger partial charge in [-0.25, -0.2) is 0 Å². The summed E-state index contributed by atoms with van der Waals surface area (Å²) >= 11 is 0. The molecule has 0 heterocycles. The van der Waals surface area contributed by atoms with Gasteiger partial charge in [0.25, 0.3) is 0 Å². The number of ether oxygens (including phenoxy) is 1. The molecule has 1 rings (SSSR count). The third kappa shape index (κ3) is 5.89. The Morgan fingerprint density at radius 3 is 1.88 bits per heavy atom. The lowest BCUT2D eigenvalue weighted by molar-refractivity contribution is 0.0684. The minimum Gasteiger partial charge on any atom is -0.381 e. The second kappa shape index (κ2) is 8.11. The molecule has 0 atom stereocenters. The SMILES string of the molecule is CC.CCOCC1CCC(C(C)(C)C)CC1. The van der Waals surface area contributed by atoms with Crippen LogP contribution in [-0.4, -0.2) is 13.2 Å². The molecule has 0 unspecified atom stereocenters. The molecule has 0 aromatic rings. The first-order valence-electron chi connectivity index (χ1n) is 7.11. The summed E-state index contributed by atoms with van der Waals surface area (Å²) in [7, 11) is 0. The fourth-order valence-electron chi connectivity index (χ4n) is 2.48. The van der Waals surface area contributed by atoms with Crippen LogP contribution in [0.25, 0.3) is 0 Å². The van der Waals surface area contributed by atoms with Crippen molar-refractivity contribution in [1.29, 1.82) is 0 Å². The van der Waals surface area contributed by atoms with E-state index in [0.29, 0.717) is 5.41 Å². The molecular weight excluding hydrogens is 196 g/mol. The molecular formula is C15H32O. The Kier molecular flexibility index (Phi) is 8.09. The van der Waals surface area contributed by atoms with Gasteiger partial charge in [0.15, 0.2) is 0 Å². The van der Waals surface area contributed by atoms with E-state index in [-0.39, 0.29) is 0 Å². The Hall–Kier alpha value is -0.0400. The quantitative estimate of drug-likeness (QED) is 0.667. The maximum absolute atomic E-state index is 5.49. The van der Waals surface area contributed by atoms with Crippen molar-refractivity contribution in [3.05, 3.63) is 0 Å². The van der Waals surface area contributed by atoms with Crippen molar-refractivity contribution in [1.82, 2.24) is 0 Å². The molecule has 1 aliphatic carbocycles. The van der Waals surface area contributed by atoms with Gasteiger partial charge in [0.1, 0.15) is 0 Å². The van der Waals surface area contributed by atoms with Crippen LogP contribution in [0.2, 0.25) is 0 Å². The molecule has 0 aromatic carbocycles. The lowest BCUT2D eigenvalue weighted by atomic mass is 9.70. The molecule has 1 heteroatoms. The Morgan fingerprint density at radius 2 is 1.50 bits per heavy atom. The van der Waals surface area contributed by atoms with Crippen molar-refractivity contribution in [3.63, 3.8) is 0 Å². The second-order valence-electron chi connectivity index (χ2n) is 5.74. The van der Waals surface area contributed by atoms with Crippen LogP contribution in [0.3, 0.4) is 0 Å². The summed E-state index contributed by atoms with van der Waals surface area (Å²) in [6.07, 6.45) is 5.56. The van der Waals surface area contributed by atoms with Crippen molar-refractivity contribution in [2.45, 2.75) is 67.2 Å². The monoisotopic (exact) mass is 228 g/mol. The fourth-order valence-corrected chi connectivity index (χ4v) is 2.48. The van der Waals surface area contributed by atoms with Crippen LogP contribution in [0.4, 0.5) is 0 Å². The van der Waals surface area contributed by atoms with Crippen molar-refractivity contribution in [2.24, 2.45) is 17.3 Å². The highest BCUT2D eigenvalue weighted by atomic mass is 16.5. The van der Waals surface area contributed by atoms with Crippen LogP contribution in [0.5, 0.6) is 0 Å². The van der Waals surface area contributed by atoms with Crippen LogP contribution in [-0.2, 0) is 4.74 Å². The van der Waals surface area contributed by atoms with Gasteiger partial charge in [-0.05, 0) is 49.9 Å². The number of rotatable bonds is 3. The van der Waals surface area contributed by atoms with Gasteiger partial charge >= 0.3 is 0 Å². The average Bonchev–Trinajstić information content (AvgIpc) is 2.28. The fraction of sp³-hybridized carbons (Fsp3) is 1.00. The Morgan fingerprint density at radius 1 is 1.00 bits per heavy atom. The molecule has 0 spiro atoms. The number of hydrogen-bond acceptors (Lipinski definition) is 1. The molecule has 98 valence electrons. The summed E-state index contributed by atoms with van der Waals surface area (Å²) in [6, 6.07) is 0. The average molecular weight is 228 g/mol. The minimum atomic E-state index is 0.510. The van der Waals surface area contributed by atoms with Gasteiger partial charge in [0, 0.05) is 13.2 Å². The van der Waals surface area contributed by atoms with E-state index in [0.717, 1.165) is 25.0 Å². The first-order valence-corrected chi connectivity index (χ1v) is 7.11. The van der Waals surface area contributed by atoms with Crippen LogP contribution in [0.15, 0.2) is 0 Å². The van der Waals surface area contributed by atoms with E-state index in [9.17, 15) is 0 Å². The molecule has 16 heavy (non-hydrogen) atoms. The highest BCUT2D eigenvalue weighted by molar-refractivity contribution is 4.80. The van der Waals surface area contributed by atoms with E-state index in [2.05, 4.69) is 27.7 Å². The summed E-state index contributed by atoms with van der Waals surface area (Å²) in [5, 5.41) is 0. The van der Waals surface area contributed by atoms with E-state index in [1.54, 1.807) is 0 Å². The molecule has 0 saturated heterocycles. The predicted octanol–water partition coefficient (Wildman–Crippen LogP) is 4.90. The molecule has 0 aromatic heterocycles. The molecule has 0 N–H and O–H groups in total. The summed E-state index contributed by atoms with van der Waals surface area (Å²) in [5.74, 6) is 1.77. The molecule has 0 aliphatic heterocycles. The smallest absolute Gasteiger partial charge is 0.0494 e. The molecule has 0 amide bonds. The lowest BCUT2D eigenvalue weighted by Gasteiger charge is -2.36. The van der Waals surface area contributed by atoms with E-state index in [1.807, 2.05) is 13.8 Å². The van der Waals surface area contributed by atoms with Gasteiger partial charge in [-0.1, -0.05) is 34.6 Å². The highest BCUT2D eigenvalue weighted by Crippen LogP contribution is 2.39. The highest BCUT2D eigenvalue weighted by Gasteiger charge is 2.29. The standard InChI is InChI=1S/C13H26O.C2H6/c1-5-14-10-11-6-8-12(9-7-11)13(2,3)4;1-2/h11-12H,5-10H2,1-4H3;1-2H3. The van der Waals surface area contributed by atoms with Gasteiger partial charge in [-0.2, -0.15) is 0 Å². The molecule has 0 bridgehead atoms. The summed E-state index contributed by atoms with van der Waals surface area (Å²) in [5.41, 5.74) is 0.510. The van der Waals surface area contributed by atoms with E-state index in [4.69, 9.17) is 4.74 Å². The Bertz CT molecular complexity index is 149. The molecule has 0 radical (unpaired) electrons. The van der Waals surface area contributed by atoms with E-state index >= 15 is 0 Å². The predicted molar refractivity (Wildman–Crippen MR) is 72.7 cm³/mol. The summed E-state index contributed by atoms with van der Waals surface area (Å²) in [4.78, 5) is 0. The van der Waals surface area contributed by atoms with Crippen LogP contribution >= 0.6 is 0 Å². The summed E-state index contributed by atoms with van der Waals surface area (Å²) in [6.45, 7) is 15.1. The molecule has 1 aliphatic rings. The van der Waals surface area contributed by atoms with Gasteiger partial charge in [0.05, 0.1) is 0 Å². The first-order chi connectivity index (χ1) is 7.54. The molecule has 1 nitrogen and oxygen atoms in total. The van der Waals surface area contributed by atoms with Crippen molar-refractivity contribution >= 4 is 0 Å². The third-order valence-corrected chi connectivity index (χ3v) is 3.63. The zero-order valence-corrected chi connectivity index (χ0v) is 12.3. The minimum absolute atomic E-state index is 0.510. The summed E-state index contributed by atoms with van der Waals surface area (Å²) < 4.78 is 5.49. The maximum atomic E-state index is 5.49. The molecule has 1 fully saturated rings. The normalized spacial score (nSPS) is 25.9. The van der Waals surface area contributed by atoms with E-state index < -0.39 is 0 Å².